The Labute approximate surface area is 401 Å². The normalized spacial score (nSPS) is 20.0. The van der Waals surface area contributed by atoms with Crippen molar-refractivity contribution in [1.29, 1.82) is 0 Å². The third-order valence-corrected chi connectivity index (χ3v) is 16.6. The van der Waals surface area contributed by atoms with Gasteiger partial charge in [0.1, 0.15) is 0 Å². The van der Waals surface area contributed by atoms with Crippen molar-refractivity contribution in [1.82, 2.24) is 0 Å². The van der Waals surface area contributed by atoms with Crippen molar-refractivity contribution < 1.29 is 0 Å². The molecule has 13 rings (SSSR count). The summed E-state index contributed by atoms with van der Waals surface area (Å²) in [5, 5.41) is 4.94. The minimum absolute atomic E-state index is 0.0999. The predicted molar refractivity (Wildman–Crippen MR) is 286 cm³/mol. The van der Waals surface area contributed by atoms with Gasteiger partial charge in [-0.25, -0.2) is 0 Å². The molecule has 3 heterocycles. The van der Waals surface area contributed by atoms with Gasteiger partial charge >= 0.3 is 0 Å². The molecule has 68 heavy (non-hydrogen) atoms. The lowest BCUT2D eigenvalue weighted by molar-refractivity contribution is 0.323. The molecule has 0 amide bonds. The molecule has 3 aliphatic heterocycles. The third-order valence-electron chi connectivity index (χ3n) is 16.6. The first-order valence-electron chi connectivity index (χ1n) is 24.6. The number of allylic oxidation sites excluding steroid dienone is 7. The monoisotopic (exact) mass is 879 g/mol. The van der Waals surface area contributed by atoms with E-state index in [1.165, 1.54) is 94.9 Å². The molecule has 0 N–H and O–H groups in total. The van der Waals surface area contributed by atoms with Crippen molar-refractivity contribution in [3.05, 3.63) is 245 Å². The van der Waals surface area contributed by atoms with Gasteiger partial charge in [-0.3, -0.25) is 0 Å². The molecule has 2 aliphatic carbocycles. The first-order chi connectivity index (χ1) is 33.0. The minimum atomic E-state index is -0.282. The van der Waals surface area contributed by atoms with Gasteiger partial charge in [-0.15, -0.1) is 0 Å². The zero-order chi connectivity index (χ0) is 46.1. The summed E-state index contributed by atoms with van der Waals surface area (Å²) in [7, 11) is 0. The van der Waals surface area contributed by atoms with Crippen LogP contribution in [0, 0.1) is 11.3 Å². The number of fused-ring (bicyclic) bond motifs is 2. The van der Waals surface area contributed by atoms with E-state index < -0.39 is 0 Å². The lowest BCUT2D eigenvalue weighted by Crippen LogP contribution is -2.53. The zero-order valence-corrected chi connectivity index (χ0v) is 40.0. The number of para-hydroxylation sites is 2. The van der Waals surface area contributed by atoms with Crippen molar-refractivity contribution in [2.45, 2.75) is 71.1 Å². The van der Waals surface area contributed by atoms with Gasteiger partial charge in [-0.2, -0.15) is 0 Å². The quantitative estimate of drug-likeness (QED) is 0.158. The minimum Gasteiger partial charge on any atom is -0.313 e. The molecule has 2 atom stereocenters. The third kappa shape index (κ3) is 5.84. The summed E-state index contributed by atoms with van der Waals surface area (Å²) >= 11 is 0. The fraction of sp³-hybridized carbons (Fsp3) is 0.200. The summed E-state index contributed by atoms with van der Waals surface area (Å²) in [5.41, 5.74) is 19.7. The van der Waals surface area contributed by atoms with Gasteiger partial charge in [0, 0.05) is 73.0 Å². The average Bonchev–Trinajstić information content (AvgIpc) is 3.37. The molecule has 3 nitrogen and oxygen atoms in total. The van der Waals surface area contributed by atoms with Crippen LogP contribution in [0.15, 0.2) is 228 Å². The summed E-state index contributed by atoms with van der Waals surface area (Å²) < 4.78 is 0. The molecule has 0 saturated heterocycles. The van der Waals surface area contributed by atoms with Crippen molar-refractivity contribution in [3.8, 4) is 0 Å². The largest absolute Gasteiger partial charge is 0.313 e. The first-order valence-corrected chi connectivity index (χ1v) is 24.6. The number of hydrogen-bond donors (Lipinski definition) is 0. The molecule has 2 unspecified atom stereocenters. The highest BCUT2D eigenvalue weighted by Crippen LogP contribution is 2.67. The predicted octanol–water partition coefficient (Wildman–Crippen LogP) is 17.6. The molecule has 0 bridgehead atoms. The van der Waals surface area contributed by atoms with E-state index >= 15 is 0 Å². The topological polar surface area (TPSA) is 9.72 Å². The second-order valence-corrected chi connectivity index (χ2v) is 21.3. The molecule has 0 aromatic heterocycles. The molecule has 0 saturated carbocycles. The zero-order valence-electron chi connectivity index (χ0n) is 40.0. The van der Waals surface area contributed by atoms with Crippen LogP contribution in [-0.4, -0.2) is 0 Å². The van der Waals surface area contributed by atoms with E-state index in [-0.39, 0.29) is 22.2 Å². The molecule has 3 heteroatoms. The highest BCUT2D eigenvalue weighted by molar-refractivity contribution is 6.04. The molecule has 332 valence electrons. The fourth-order valence-corrected chi connectivity index (χ4v) is 13.0. The smallest absolute Gasteiger partial charge is 0.0540 e. The van der Waals surface area contributed by atoms with Crippen LogP contribution in [-0.2, 0) is 10.8 Å². The van der Waals surface area contributed by atoms with Gasteiger partial charge < -0.3 is 14.7 Å². The van der Waals surface area contributed by atoms with Gasteiger partial charge in [0.25, 0.3) is 0 Å². The van der Waals surface area contributed by atoms with Crippen LogP contribution >= 0.6 is 0 Å². The van der Waals surface area contributed by atoms with Crippen LogP contribution in [0.25, 0.3) is 21.5 Å². The maximum Gasteiger partial charge on any atom is 0.0540 e. The molecular formula is C65H57N3. The van der Waals surface area contributed by atoms with Crippen molar-refractivity contribution in [2.24, 2.45) is 11.3 Å². The molecule has 5 aliphatic rings. The van der Waals surface area contributed by atoms with Crippen LogP contribution in [0.4, 0.5) is 39.8 Å². The maximum atomic E-state index is 2.79. The SMILES string of the molecule is CC1(C)C2=C3C(CC=C2)C(C)(C)c2cc(N(c4ccccc4)c4ccccc4)cc4c2N3C2=C1CC(c1ccc(N(c3cccc5ccccc35)c3cccc5ccccc35)cc1)C=C2C4(C)C. The van der Waals surface area contributed by atoms with E-state index in [1.807, 2.05) is 0 Å². The molecule has 0 radical (unpaired) electrons. The highest BCUT2D eigenvalue weighted by atomic mass is 15.2. The lowest BCUT2D eigenvalue weighted by atomic mass is 9.54. The lowest BCUT2D eigenvalue weighted by Gasteiger charge is -2.61. The van der Waals surface area contributed by atoms with Gasteiger partial charge in [0.2, 0.25) is 0 Å². The Balaban J connectivity index is 0.989. The maximum absolute atomic E-state index is 2.79. The van der Waals surface area contributed by atoms with Gasteiger partial charge in [-0.1, -0.05) is 181 Å². The number of benzene rings is 8. The Morgan fingerprint density at radius 2 is 1.06 bits per heavy atom. The standard InChI is InChI=1S/C65H57N3/c1-63(2)52-30-19-31-53-60(52)68-61-54(63)38-45(42-34-36-48(37-35-42)67(58-32-17-22-43-20-13-15-28-50(43)58)59-33-18-23-44-21-14-16-29-51(44)59)39-55(61)65(5,6)57-41-49(40-56(62(57)68)64(53,3)4)66(46-24-9-7-10-25-46)47-26-11-8-12-27-47/h7-30,32-37,39-41,45,53H,31,38H2,1-6H3. The molecule has 0 spiro atoms. The van der Waals surface area contributed by atoms with Crippen LogP contribution in [0.2, 0.25) is 0 Å². The Bertz CT molecular complexity index is 3360. The van der Waals surface area contributed by atoms with E-state index in [0.29, 0.717) is 5.92 Å². The van der Waals surface area contributed by atoms with Crippen molar-refractivity contribution in [3.63, 3.8) is 0 Å². The van der Waals surface area contributed by atoms with Crippen molar-refractivity contribution >= 4 is 61.4 Å². The molecule has 0 fully saturated rings. The van der Waals surface area contributed by atoms with Crippen LogP contribution in [0.1, 0.15) is 77.0 Å². The van der Waals surface area contributed by atoms with E-state index in [9.17, 15) is 0 Å². The van der Waals surface area contributed by atoms with Gasteiger partial charge in [-0.05, 0) is 118 Å². The summed E-state index contributed by atoms with van der Waals surface area (Å²) in [6, 6.07) is 67.4. The number of hydrogen-bond acceptors (Lipinski definition) is 3. The summed E-state index contributed by atoms with van der Waals surface area (Å²) in [6.45, 7) is 15.1. The highest BCUT2D eigenvalue weighted by Gasteiger charge is 2.57. The Kier molecular flexibility index (Phi) is 8.91. The van der Waals surface area contributed by atoms with E-state index in [1.54, 1.807) is 5.57 Å². The van der Waals surface area contributed by atoms with E-state index in [4.69, 9.17) is 0 Å². The van der Waals surface area contributed by atoms with Gasteiger partial charge in [0.15, 0.2) is 0 Å². The molecule has 8 aromatic rings. The van der Waals surface area contributed by atoms with E-state index in [0.717, 1.165) is 18.5 Å². The summed E-state index contributed by atoms with van der Waals surface area (Å²) in [5.74, 6) is 0.563. The second kappa shape index (κ2) is 14.8. The number of anilines is 7. The van der Waals surface area contributed by atoms with Gasteiger partial charge in [0.05, 0.1) is 17.1 Å². The van der Waals surface area contributed by atoms with E-state index in [2.05, 4.69) is 256 Å². The number of nitrogens with zero attached hydrogens (tertiary/aromatic N) is 3. The Hall–Kier alpha value is -7.36. The summed E-state index contributed by atoms with van der Waals surface area (Å²) in [4.78, 5) is 7.73. The van der Waals surface area contributed by atoms with Crippen molar-refractivity contribution in [2.75, 3.05) is 14.7 Å². The Morgan fingerprint density at radius 3 is 1.68 bits per heavy atom. The fourth-order valence-electron chi connectivity index (χ4n) is 13.0. The molecular weight excluding hydrogens is 823 g/mol. The summed E-state index contributed by atoms with van der Waals surface area (Å²) in [6.07, 6.45) is 9.67. The Morgan fingerprint density at radius 1 is 0.515 bits per heavy atom. The van der Waals surface area contributed by atoms with Crippen LogP contribution in [0.3, 0.4) is 0 Å². The second-order valence-electron chi connectivity index (χ2n) is 21.3. The number of rotatable bonds is 7. The average molecular weight is 880 g/mol. The van der Waals surface area contributed by atoms with Crippen LogP contribution < -0.4 is 14.7 Å². The first kappa shape index (κ1) is 40.9. The van der Waals surface area contributed by atoms with Crippen LogP contribution in [0.5, 0.6) is 0 Å². The molecule has 8 aromatic carbocycles.